The predicted octanol–water partition coefficient (Wildman–Crippen LogP) is 3.77. The number of amides is 1. The van der Waals surface area contributed by atoms with Crippen LogP contribution in [0.3, 0.4) is 0 Å². The Balaban J connectivity index is 1.63. The van der Waals surface area contributed by atoms with Crippen LogP contribution in [0.4, 0.5) is 8.78 Å². The number of benzene rings is 1. The minimum Gasteiger partial charge on any atom is -0.370 e. The fraction of sp³-hybridized carbons (Fsp3) is 0.391. The van der Waals surface area contributed by atoms with Crippen LogP contribution in [0.25, 0.3) is 5.69 Å². The highest BCUT2D eigenvalue weighted by molar-refractivity contribution is 5.95. The summed E-state index contributed by atoms with van der Waals surface area (Å²) in [5.74, 6) is -1.80. The van der Waals surface area contributed by atoms with Crippen LogP contribution in [0.15, 0.2) is 46.9 Å². The molecule has 30 heavy (non-hydrogen) atoms. The molecule has 158 valence electrons. The monoisotopic (exact) mass is 414 g/mol. The molecule has 1 fully saturated rings. The first kappa shape index (κ1) is 20.5. The van der Waals surface area contributed by atoms with E-state index < -0.39 is 23.1 Å². The molecular weight excluding hydrogens is 390 g/mol. The molecule has 4 rings (SSSR count). The molecule has 2 aliphatic rings. The number of hydrogen-bond donors (Lipinski definition) is 0. The number of aromatic nitrogens is 1. The van der Waals surface area contributed by atoms with Crippen molar-refractivity contribution in [2.45, 2.75) is 38.7 Å². The SMILES string of the molecule is CC1=CC2(CCN(C(=O)c3c(C)ccn(-c4cc(F)ccc4F)c3=O)CC2)OCC1. The number of nitrogens with zero attached hydrogens (tertiary/aromatic N) is 2. The third-order valence-corrected chi connectivity index (χ3v) is 5.97. The van der Waals surface area contributed by atoms with Gasteiger partial charge in [-0.2, -0.15) is 0 Å². The molecule has 1 amide bonds. The fourth-order valence-corrected chi connectivity index (χ4v) is 4.26. The lowest BCUT2D eigenvalue weighted by Gasteiger charge is -2.42. The van der Waals surface area contributed by atoms with E-state index in [0.717, 1.165) is 29.2 Å². The maximum atomic E-state index is 14.2. The summed E-state index contributed by atoms with van der Waals surface area (Å²) >= 11 is 0. The largest absolute Gasteiger partial charge is 0.370 e. The Bertz CT molecular complexity index is 1080. The number of rotatable bonds is 2. The summed E-state index contributed by atoms with van der Waals surface area (Å²) in [6, 6.07) is 4.46. The second-order valence-electron chi connectivity index (χ2n) is 8.09. The highest BCUT2D eigenvalue weighted by Gasteiger charge is 2.37. The van der Waals surface area contributed by atoms with Crippen molar-refractivity contribution < 1.29 is 18.3 Å². The van der Waals surface area contributed by atoms with Crippen LogP contribution >= 0.6 is 0 Å². The normalized spacial score (nSPS) is 18.4. The lowest BCUT2D eigenvalue weighted by molar-refractivity contribution is -0.0522. The van der Waals surface area contributed by atoms with Crippen molar-refractivity contribution in [3.63, 3.8) is 0 Å². The molecule has 0 N–H and O–H groups in total. The van der Waals surface area contributed by atoms with Gasteiger partial charge >= 0.3 is 0 Å². The van der Waals surface area contributed by atoms with Crippen LogP contribution in [0, 0.1) is 18.6 Å². The van der Waals surface area contributed by atoms with Crippen molar-refractivity contribution in [1.29, 1.82) is 0 Å². The number of pyridine rings is 1. The van der Waals surface area contributed by atoms with Crippen LogP contribution in [0.5, 0.6) is 0 Å². The molecule has 1 aromatic carbocycles. The molecule has 0 atom stereocenters. The van der Waals surface area contributed by atoms with Gasteiger partial charge in [0.1, 0.15) is 17.2 Å². The summed E-state index contributed by atoms with van der Waals surface area (Å²) in [5.41, 5.74) is 0.559. The number of carbonyl (C=O) groups is 1. The Morgan fingerprint density at radius 3 is 2.57 bits per heavy atom. The maximum Gasteiger partial charge on any atom is 0.268 e. The molecule has 1 saturated heterocycles. The van der Waals surface area contributed by atoms with E-state index in [-0.39, 0.29) is 16.9 Å². The first-order chi connectivity index (χ1) is 14.3. The van der Waals surface area contributed by atoms with E-state index in [1.54, 1.807) is 17.9 Å². The van der Waals surface area contributed by atoms with Crippen molar-refractivity contribution in [2.75, 3.05) is 19.7 Å². The van der Waals surface area contributed by atoms with Crippen LogP contribution in [-0.2, 0) is 4.74 Å². The summed E-state index contributed by atoms with van der Waals surface area (Å²) in [5, 5.41) is 0. The van der Waals surface area contributed by atoms with E-state index in [4.69, 9.17) is 4.74 Å². The molecule has 1 spiro atoms. The average Bonchev–Trinajstić information content (AvgIpc) is 2.70. The average molecular weight is 414 g/mol. The highest BCUT2D eigenvalue weighted by Crippen LogP contribution is 2.33. The van der Waals surface area contributed by atoms with Gasteiger partial charge in [0.05, 0.1) is 17.9 Å². The fourth-order valence-electron chi connectivity index (χ4n) is 4.26. The molecule has 0 unspecified atom stereocenters. The quantitative estimate of drug-likeness (QED) is 0.703. The second-order valence-corrected chi connectivity index (χ2v) is 8.09. The molecule has 2 aromatic rings. The van der Waals surface area contributed by atoms with Crippen molar-refractivity contribution in [1.82, 2.24) is 9.47 Å². The number of aryl methyl sites for hydroxylation is 1. The van der Waals surface area contributed by atoms with Gasteiger partial charge in [0, 0.05) is 25.4 Å². The Morgan fingerprint density at radius 2 is 1.87 bits per heavy atom. The highest BCUT2D eigenvalue weighted by atomic mass is 19.1. The molecule has 1 aromatic heterocycles. The van der Waals surface area contributed by atoms with Gasteiger partial charge in [0.15, 0.2) is 0 Å². The predicted molar refractivity (Wildman–Crippen MR) is 109 cm³/mol. The zero-order valence-electron chi connectivity index (χ0n) is 17.1. The third kappa shape index (κ3) is 3.69. The Morgan fingerprint density at radius 1 is 1.13 bits per heavy atom. The molecule has 7 heteroatoms. The number of halogens is 2. The van der Waals surface area contributed by atoms with E-state index in [1.807, 2.05) is 0 Å². The van der Waals surface area contributed by atoms with Gasteiger partial charge in [-0.15, -0.1) is 0 Å². The number of hydrogen-bond acceptors (Lipinski definition) is 3. The van der Waals surface area contributed by atoms with Crippen molar-refractivity contribution in [2.24, 2.45) is 0 Å². The second kappa shape index (κ2) is 7.80. The Hall–Kier alpha value is -2.80. The van der Waals surface area contributed by atoms with Gasteiger partial charge in [0.25, 0.3) is 11.5 Å². The zero-order valence-corrected chi connectivity index (χ0v) is 17.1. The van der Waals surface area contributed by atoms with Gasteiger partial charge in [-0.05, 0) is 56.9 Å². The van der Waals surface area contributed by atoms with Crippen LogP contribution in [0.2, 0.25) is 0 Å². The van der Waals surface area contributed by atoms with E-state index in [0.29, 0.717) is 38.1 Å². The molecule has 0 saturated carbocycles. The van der Waals surface area contributed by atoms with Gasteiger partial charge in [-0.25, -0.2) is 8.78 Å². The van der Waals surface area contributed by atoms with Gasteiger partial charge in [0.2, 0.25) is 0 Å². The minimum absolute atomic E-state index is 0.0200. The summed E-state index contributed by atoms with van der Waals surface area (Å²) in [4.78, 5) is 27.9. The first-order valence-electron chi connectivity index (χ1n) is 10.1. The lowest BCUT2D eigenvalue weighted by Crippen LogP contribution is -2.49. The van der Waals surface area contributed by atoms with Crippen molar-refractivity contribution in [3.8, 4) is 5.69 Å². The molecule has 3 heterocycles. The molecule has 5 nitrogen and oxygen atoms in total. The number of carbonyl (C=O) groups excluding carboxylic acids is 1. The van der Waals surface area contributed by atoms with Crippen LogP contribution in [-0.4, -0.2) is 40.7 Å². The summed E-state index contributed by atoms with van der Waals surface area (Å²) < 4.78 is 34.8. The van der Waals surface area contributed by atoms with Crippen molar-refractivity contribution >= 4 is 5.91 Å². The standard InChI is InChI=1S/C23H24F2N2O3/c1-15-6-12-30-23(14-15)7-10-26(11-8-23)21(28)20-16(2)5-9-27(22(20)29)19-13-17(24)3-4-18(19)25/h3-5,9,13-14H,6-8,10-12H2,1-2H3. The molecule has 0 bridgehead atoms. The first-order valence-corrected chi connectivity index (χ1v) is 10.1. The van der Waals surface area contributed by atoms with E-state index in [1.165, 1.54) is 11.8 Å². The topological polar surface area (TPSA) is 51.5 Å². The van der Waals surface area contributed by atoms with Gasteiger partial charge < -0.3 is 9.64 Å². The molecule has 0 radical (unpaired) electrons. The van der Waals surface area contributed by atoms with E-state index in [9.17, 15) is 18.4 Å². The van der Waals surface area contributed by atoms with Crippen LogP contribution < -0.4 is 5.56 Å². The minimum atomic E-state index is -0.739. The molecule has 2 aliphatic heterocycles. The zero-order chi connectivity index (χ0) is 21.5. The Kier molecular flexibility index (Phi) is 5.32. The van der Waals surface area contributed by atoms with Gasteiger partial charge in [-0.3, -0.25) is 14.2 Å². The summed E-state index contributed by atoms with van der Waals surface area (Å²) in [6.45, 7) is 5.36. The van der Waals surface area contributed by atoms with Crippen LogP contribution in [0.1, 0.15) is 42.1 Å². The lowest BCUT2D eigenvalue weighted by atomic mass is 9.86. The van der Waals surface area contributed by atoms with Gasteiger partial charge in [-0.1, -0.05) is 11.6 Å². The molecular formula is C23H24F2N2O3. The maximum absolute atomic E-state index is 14.2. The smallest absolute Gasteiger partial charge is 0.268 e. The van der Waals surface area contributed by atoms with Crippen molar-refractivity contribution in [3.05, 3.63) is 75.2 Å². The summed E-state index contributed by atoms with van der Waals surface area (Å²) in [7, 11) is 0. The molecule has 0 aliphatic carbocycles. The number of piperidine rings is 1. The van der Waals surface area contributed by atoms with E-state index >= 15 is 0 Å². The number of ether oxygens (including phenoxy) is 1. The summed E-state index contributed by atoms with van der Waals surface area (Å²) in [6.07, 6.45) is 5.76. The third-order valence-electron chi connectivity index (χ3n) is 5.97. The number of likely N-dealkylation sites (tertiary alicyclic amines) is 1. The Labute approximate surface area is 173 Å². The van der Waals surface area contributed by atoms with E-state index in [2.05, 4.69) is 13.0 Å².